The fraction of sp³-hybridized carbons (Fsp3) is 0.429. The van der Waals surface area contributed by atoms with Gasteiger partial charge >= 0.3 is 5.97 Å². The van der Waals surface area contributed by atoms with Gasteiger partial charge in [-0.2, -0.15) is 0 Å². The normalized spacial score (nSPS) is 29.2. The van der Waals surface area contributed by atoms with E-state index in [-0.39, 0.29) is 17.4 Å². The Morgan fingerprint density at radius 3 is 2.73 bits per heavy atom. The van der Waals surface area contributed by atoms with Gasteiger partial charge in [-0.25, -0.2) is 4.79 Å². The molecule has 1 aromatic carbocycles. The van der Waals surface area contributed by atoms with Crippen molar-refractivity contribution in [3.63, 3.8) is 0 Å². The first-order valence-corrected chi connectivity index (χ1v) is 10.8. The lowest BCUT2D eigenvalue weighted by molar-refractivity contribution is -0.340. The van der Waals surface area contributed by atoms with E-state index in [0.717, 1.165) is 0 Å². The second kappa shape index (κ2) is 10.3. The third kappa shape index (κ3) is 5.60. The molecule has 4 rings (SSSR count). The van der Waals surface area contributed by atoms with Crippen molar-refractivity contribution in [2.75, 3.05) is 13.2 Å². The first-order chi connectivity index (χ1) is 15.8. The minimum Gasteiger partial charge on any atom is -0.480 e. The van der Waals surface area contributed by atoms with Crippen molar-refractivity contribution in [2.24, 2.45) is 0 Å². The molecule has 0 radical (unpaired) electrons. The maximum atomic E-state index is 12.0. The molecule has 0 spiro atoms. The summed E-state index contributed by atoms with van der Waals surface area (Å²) in [5, 5.41) is 12.5. The fourth-order valence-electron chi connectivity index (χ4n) is 3.69. The van der Waals surface area contributed by atoms with Gasteiger partial charge in [0.2, 0.25) is 18.5 Å². The molecule has 2 fully saturated rings. The number of rotatable bonds is 7. The number of hydrogen-bond donors (Lipinski definition) is 2. The van der Waals surface area contributed by atoms with Gasteiger partial charge in [-0.15, -0.1) is 0 Å². The van der Waals surface area contributed by atoms with Crippen LogP contribution in [0.2, 0.25) is 10.0 Å². The van der Waals surface area contributed by atoms with Crippen LogP contribution >= 0.6 is 23.2 Å². The van der Waals surface area contributed by atoms with E-state index in [1.54, 1.807) is 24.3 Å². The highest BCUT2D eigenvalue weighted by Gasteiger charge is 2.52. The summed E-state index contributed by atoms with van der Waals surface area (Å²) in [6.07, 6.45) is -2.94. The van der Waals surface area contributed by atoms with Crippen LogP contribution < -0.4 is 10.1 Å². The van der Waals surface area contributed by atoms with Gasteiger partial charge in [-0.1, -0.05) is 23.2 Å². The number of carbonyl (C=O) groups is 2. The number of amides is 1. The molecule has 6 unspecified atom stereocenters. The van der Waals surface area contributed by atoms with Crippen LogP contribution in [0, 0.1) is 0 Å². The third-order valence-corrected chi connectivity index (χ3v) is 5.55. The molecule has 33 heavy (non-hydrogen) atoms. The zero-order chi connectivity index (χ0) is 23.5. The molecule has 2 N–H and O–H groups in total. The van der Waals surface area contributed by atoms with Crippen LogP contribution in [-0.4, -0.2) is 60.8 Å². The maximum Gasteiger partial charge on any atom is 0.329 e. The van der Waals surface area contributed by atoms with Crippen molar-refractivity contribution < 1.29 is 42.8 Å². The number of carboxylic acids is 1. The van der Waals surface area contributed by atoms with Crippen molar-refractivity contribution >= 4 is 35.1 Å². The van der Waals surface area contributed by atoms with E-state index in [0.29, 0.717) is 10.8 Å². The lowest BCUT2D eigenvalue weighted by atomic mass is 9.95. The van der Waals surface area contributed by atoms with Crippen LogP contribution in [0.3, 0.4) is 0 Å². The lowest BCUT2D eigenvalue weighted by Gasteiger charge is -2.48. The van der Waals surface area contributed by atoms with E-state index in [4.69, 9.17) is 51.3 Å². The zero-order valence-corrected chi connectivity index (χ0v) is 18.8. The second-order valence-electron chi connectivity index (χ2n) is 7.41. The summed E-state index contributed by atoms with van der Waals surface area (Å²) in [6.45, 7) is 0.751. The third-order valence-electron chi connectivity index (χ3n) is 5.02. The van der Waals surface area contributed by atoms with Gasteiger partial charge in [0.15, 0.2) is 5.76 Å². The minimum atomic E-state index is -1.19. The Balaban J connectivity index is 1.63. The van der Waals surface area contributed by atoms with Gasteiger partial charge in [-0.05, 0) is 30.3 Å². The first-order valence-electron chi connectivity index (χ1n) is 10.00. The van der Waals surface area contributed by atoms with Crippen molar-refractivity contribution in [3.05, 3.63) is 52.4 Å². The van der Waals surface area contributed by atoms with Crippen molar-refractivity contribution in [2.45, 2.75) is 43.9 Å². The van der Waals surface area contributed by atoms with Crippen LogP contribution in [0.4, 0.5) is 0 Å². The predicted octanol–water partition coefficient (Wildman–Crippen LogP) is 2.78. The van der Waals surface area contributed by atoms with Crippen LogP contribution in [0.15, 0.2) is 41.0 Å². The molecule has 3 heterocycles. The second-order valence-corrected chi connectivity index (χ2v) is 8.26. The molecule has 6 atom stereocenters. The summed E-state index contributed by atoms with van der Waals surface area (Å²) in [4.78, 5) is 23.2. The highest BCUT2D eigenvalue weighted by atomic mass is 35.5. The number of hydrogen-bond acceptors (Lipinski definition) is 8. The van der Waals surface area contributed by atoms with Gasteiger partial charge in [0.25, 0.3) is 0 Å². The Kier molecular flexibility index (Phi) is 7.42. The maximum absolute atomic E-state index is 12.0. The van der Waals surface area contributed by atoms with Gasteiger partial charge in [-0.3, -0.25) is 4.79 Å². The summed E-state index contributed by atoms with van der Waals surface area (Å²) < 4.78 is 34.8. The quantitative estimate of drug-likeness (QED) is 0.588. The first kappa shape index (κ1) is 23.8. The molecule has 2 aliphatic heterocycles. The van der Waals surface area contributed by atoms with Gasteiger partial charge in [0, 0.05) is 11.9 Å². The van der Waals surface area contributed by atoms with Crippen molar-refractivity contribution in [1.29, 1.82) is 0 Å². The zero-order valence-electron chi connectivity index (χ0n) is 17.3. The predicted molar refractivity (Wildman–Crippen MR) is 113 cm³/mol. The molecule has 2 aliphatic rings. The molecule has 178 valence electrons. The van der Waals surface area contributed by atoms with E-state index in [1.807, 2.05) is 0 Å². The van der Waals surface area contributed by atoms with E-state index in [2.05, 4.69) is 5.32 Å². The molecule has 12 heteroatoms. The number of fused-ring (bicyclic) bond motifs is 1. The molecule has 1 aromatic heterocycles. The van der Waals surface area contributed by atoms with Gasteiger partial charge in [0.1, 0.15) is 36.7 Å². The monoisotopic (exact) mass is 501 g/mol. The van der Waals surface area contributed by atoms with E-state index in [1.165, 1.54) is 19.3 Å². The van der Waals surface area contributed by atoms with Crippen LogP contribution in [-0.2, 0) is 28.5 Å². The van der Waals surface area contributed by atoms with E-state index in [9.17, 15) is 14.7 Å². The molecule has 2 aromatic rings. The summed E-state index contributed by atoms with van der Waals surface area (Å²) >= 11 is 12.2. The van der Waals surface area contributed by atoms with E-state index < -0.39 is 55.4 Å². The molecule has 0 saturated carbocycles. The lowest BCUT2D eigenvalue weighted by Crippen LogP contribution is -2.68. The van der Waals surface area contributed by atoms with Crippen molar-refractivity contribution in [3.8, 4) is 5.75 Å². The standard InChI is InChI=1S/C21H21Cl2NO9/c1-10(25)24-17-19(29-9-16(26)27)18-15(8-30-20(33-18)14-3-2-6-28-14)32-21(17)31-13-5-4-11(22)7-12(13)23/h2-7,15,17-21H,8-9H2,1H3,(H,24,25)(H,26,27). The number of carboxylic acid groups (broad SMARTS) is 1. The Hall–Kier alpha value is -2.34. The minimum absolute atomic E-state index is 0.0734. The highest BCUT2D eigenvalue weighted by Crippen LogP contribution is 2.37. The fourth-order valence-corrected chi connectivity index (χ4v) is 4.14. The van der Waals surface area contributed by atoms with Gasteiger partial charge in [0.05, 0.1) is 17.9 Å². The number of benzene rings is 1. The van der Waals surface area contributed by atoms with Crippen LogP contribution in [0.1, 0.15) is 19.0 Å². The molecular weight excluding hydrogens is 481 g/mol. The molecule has 0 bridgehead atoms. The van der Waals surface area contributed by atoms with Crippen molar-refractivity contribution in [1.82, 2.24) is 5.32 Å². The van der Waals surface area contributed by atoms with Crippen LogP contribution in [0.25, 0.3) is 0 Å². The SMILES string of the molecule is CC(=O)NC1C(Oc2ccc(Cl)cc2Cl)OC2COC(c3ccco3)OC2C1OCC(=O)O. The topological polar surface area (TPSA) is 126 Å². The number of furan rings is 1. The Bertz CT molecular complexity index is 986. The average Bonchev–Trinajstić information content (AvgIpc) is 3.29. The summed E-state index contributed by atoms with van der Waals surface area (Å²) in [7, 11) is 0. The number of aliphatic carboxylic acids is 1. The Morgan fingerprint density at radius 2 is 2.06 bits per heavy atom. The largest absolute Gasteiger partial charge is 0.480 e. The number of carbonyl (C=O) groups excluding carboxylic acids is 1. The van der Waals surface area contributed by atoms with E-state index >= 15 is 0 Å². The van der Waals surface area contributed by atoms with Crippen LogP contribution in [0.5, 0.6) is 5.75 Å². The van der Waals surface area contributed by atoms with Gasteiger partial charge < -0.3 is 38.5 Å². The molecule has 2 saturated heterocycles. The molecular formula is C21H21Cl2NO9. The number of ether oxygens (including phenoxy) is 5. The highest BCUT2D eigenvalue weighted by molar-refractivity contribution is 6.35. The Labute approximate surface area is 198 Å². The average molecular weight is 502 g/mol. The number of nitrogens with one attached hydrogen (secondary N) is 1. The molecule has 1 amide bonds. The molecule has 10 nitrogen and oxygen atoms in total. The smallest absolute Gasteiger partial charge is 0.329 e. The molecule has 0 aliphatic carbocycles. The summed E-state index contributed by atoms with van der Waals surface area (Å²) in [5.41, 5.74) is 0. The summed E-state index contributed by atoms with van der Waals surface area (Å²) in [5.74, 6) is -0.917. The summed E-state index contributed by atoms with van der Waals surface area (Å²) in [6, 6.07) is 7.06. The number of halogens is 2. The Morgan fingerprint density at radius 1 is 1.24 bits per heavy atom.